The monoisotopic (exact) mass is 266 g/mol. The highest BCUT2D eigenvalue weighted by molar-refractivity contribution is 4.85. The van der Waals surface area contributed by atoms with E-state index in [0.29, 0.717) is 6.04 Å². The maximum absolute atomic E-state index is 6.03. The van der Waals surface area contributed by atoms with Crippen LogP contribution in [0.5, 0.6) is 0 Å². The van der Waals surface area contributed by atoms with Gasteiger partial charge in [0.1, 0.15) is 0 Å². The van der Waals surface area contributed by atoms with E-state index in [9.17, 15) is 0 Å². The van der Waals surface area contributed by atoms with E-state index < -0.39 is 0 Å². The molecule has 0 saturated heterocycles. The molecule has 0 spiro atoms. The third kappa shape index (κ3) is 4.19. The first-order valence-electron chi connectivity index (χ1n) is 8.55. The first-order chi connectivity index (χ1) is 9.08. The SMILES string of the molecule is CC(C)C1CCCC(N(C)C2CCC(N)CC2)CC1. The molecule has 0 aromatic rings. The summed E-state index contributed by atoms with van der Waals surface area (Å²) in [6.07, 6.45) is 12.3. The molecular formula is C17H34N2. The molecule has 2 heteroatoms. The van der Waals surface area contributed by atoms with E-state index in [1.165, 1.54) is 57.8 Å². The van der Waals surface area contributed by atoms with Crippen molar-refractivity contribution in [3.8, 4) is 0 Å². The van der Waals surface area contributed by atoms with Gasteiger partial charge in [-0.1, -0.05) is 26.7 Å². The van der Waals surface area contributed by atoms with Gasteiger partial charge in [0.15, 0.2) is 0 Å². The normalized spacial score (nSPS) is 37.6. The molecule has 0 aromatic heterocycles. The van der Waals surface area contributed by atoms with Crippen LogP contribution in [0, 0.1) is 11.8 Å². The van der Waals surface area contributed by atoms with Gasteiger partial charge in [-0.2, -0.15) is 0 Å². The van der Waals surface area contributed by atoms with Crippen molar-refractivity contribution in [1.82, 2.24) is 4.90 Å². The van der Waals surface area contributed by atoms with E-state index in [2.05, 4.69) is 25.8 Å². The maximum Gasteiger partial charge on any atom is 0.00962 e. The van der Waals surface area contributed by atoms with Gasteiger partial charge in [-0.15, -0.1) is 0 Å². The van der Waals surface area contributed by atoms with E-state index in [-0.39, 0.29) is 0 Å². The van der Waals surface area contributed by atoms with E-state index in [1.54, 1.807) is 0 Å². The molecule has 0 heterocycles. The van der Waals surface area contributed by atoms with Crippen LogP contribution in [0.2, 0.25) is 0 Å². The number of nitrogens with zero attached hydrogens (tertiary/aromatic N) is 1. The summed E-state index contributed by atoms with van der Waals surface area (Å²) in [6.45, 7) is 4.80. The molecule has 2 aliphatic carbocycles. The van der Waals surface area contributed by atoms with Crippen molar-refractivity contribution in [3.63, 3.8) is 0 Å². The van der Waals surface area contributed by atoms with Crippen LogP contribution >= 0.6 is 0 Å². The summed E-state index contributed by atoms with van der Waals surface area (Å²) in [4.78, 5) is 2.72. The van der Waals surface area contributed by atoms with Crippen molar-refractivity contribution >= 4 is 0 Å². The maximum atomic E-state index is 6.03. The highest BCUT2D eigenvalue weighted by Crippen LogP contribution is 2.32. The summed E-state index contributed by atoms with van der Waals surface area (Å²) >= 11 is 0. The minimum Gasteiger partial charge on any atom is -0.328 e. The van der Waals surface area contributed by atoms with Gasteiger partial charge in [-0.3, -0.25) is 0 Å². The molecule has 0 radical (unpaired) electrons. The minimum atomic E-state index is 0.476. The van der Waals surface area contributed by atoms with Gasteiger partial charge in [-0.05, 0) is 63.8 Å². The number of hydrogen-bond donors (Lipinski definition) is 1. The molecule has 0 aromatic carbocycles. The Morgan fingerprint density at radius 3 is 2.05 bits per heavy atom. The molecule has 2 unspecified atom stereocenters. The zero-order valence-electron chi connectivity index (χ0n) is 13.3. The molecule has 0 amide bonds. The Morgan fingerprint density at radius 1 is 0.842 bits per heavy atom. The lowest BCUT2D eigenvalue weighted by Crippen LogP contribution is -2.43. The van der Waals surface area contributed by atoms with E-state index >= 15 is 0 Å². The van der Waals surface area contributed by atoms with Crippen LogP contribution in [0.3, 0.4) is 0 Å². The highest BCUT2D eigenvalue weighted by Gasteiger charge is 2.29. The van der Waals surface area contributed by atoms with Gasteiger partial charge in [0.05, 0.1) is 0 Å². The zero-order chi connectivity index (χ0) is 13.8. The second-order valence-electron chi connectivity index (χ2n) is 7.40. The molecule has 112 valence electrons. The molecular weight excluding hydrogens is 232 g/mol. The standard InChI is InChI=1S/C17H34N2/c1-13(2)14-5-4-6-16(10-7-14)19(3)17-11-8-15(18)9-12-17/h13-17H,4-12,18H2,1-3H3. The van der Waals surface area contributed by atoms with Crippen molar-refractivity contribution in [2.45, 2.75) is 89.8 Å². The molecule has 2 N–H and O–H groups in total. The van der Waals surface area contributed by atoms with Crippen LogP contribution in [-0.2, 0) is 0 Å². The molecule has 2 atom stereocenters. The quantitative estimate of drug-likeness (QED) is 0.787. The van der Waals surface area contributed by atoms with Crippen LogP contribution < -0.4 is 5.73 Å². The van der Waals surface area contributed by atoms with Crippen molar-refractivity contribution in [2.75, 3.05) is 7.05 Å². The van der Waals surface area contributed by atoms with Gasteiger partial charge in [0.25, 0.3) is 0 Å². The summed E-state index contributed by atoms with van der Waals surface area (Å²) < 4.78 is 0. The number of nitrogens with two attached hydrogens (primary N) is 1. The van der Waals surface area contributed by atoms with E-state index in [1.807, 2.05) is 0 Å². The lowest BCUT2D eigenvalue weighted by atomic mass is 9.88. The fourth-order valence-corrected chi connectivity index (χ4v) is 4.19. The minimum absolute atomic E-state index is 0.476. The van der Waals surface area contributed by atoms with E-state index in [0.717, 1.165) is 23.9 Å². The molecule has 0 aliphatic heterocycles. The lowest BCUT2D eigenvalue weighted by Gasteiger charge is -2.38. The van der Waals surface area contributed by atoms with Crippen LogP contribution in [0.1, 0.15) is 71.6 Å². The number of rotatable bonds is 3. The Morgan fingerprint density at radius 2 is 1.42 bits per heavy atom. The fraction of sp³-hybridized carbons (Fsp3) is 1.00. The van der Waals surface area contributed by atoms with Gasteiger partial charge in [-0.25, -0.2) is 0 Å². The average Bonchev–Trinajstić information content (AvgIpc) is 2.64. The van der Waals surface area contributed by atoms with Crippen LogP contribution in [0.25, 0.3) is 0 Å². The average molecular weight is 266 g/mol. The molecule has 2 nitrogen and oxygen atoms in total. The highest BCUT2D eigenvalue weighted by atomic mass is 15.2. The summed E-state index contributed by atoms with van der Waals surface area (Å²) in [7, 11) is 2.38. The Bertz CT molecular complexity index is 256. The third-order valence-electron chi connectivity index (χ3n) is 5.82. The second-order valence-corrected chi connectivity index (χ2v) is 7.40. The summed E-state index contributed by atoms with van der Waals surface area (Å²) in [5, 5.41) is 0. The lowest BCUT2D eigenvalue weighted by molar-refractivity contribution is 0.120. The predicted octanol–water partition coefficient (Wildman–Crippen LogP) is 3.79. The Kier molecular flexibility index (Phi) is 5.70. The first-order valence-corrected chi connectivity index (χ1v) is 8.55. The van der Waals surface area contributed by atoms with Crippen molar-refractivity contribution in [2.24, 2.45) is 17.6 Å². The molecule has 19 heavy (non-hydrogen) atoms. The van der Waals surface area contributed by atoms with Crippen molar-refractivity contribution in [3.05, 3.63) is 0 Å². The smallest absolute Gasteiger partial charge is 0.00962 e. The van der Waals surface area contributed by atoms with Crippen molar-refractivity contribution < 1.29 is 0 Å². The van der Waals surface area contributed by atoms with Gasteiger partial charge in [0.2, 0.25) is 0 Å². The van der Waals surface area contributed by atoms with Crippen LogP contribution in [-0.4, -0.2) is 30.1 Å². The second kappa shape index (κ2) is 7.08. The first kappa shape index (κ1) is 15.3. The number of hydrogen-bond acceptors (Lipinski definition) is 2. The Labute approximate surface area is 120 Å². The molecule has 2 fully saturated rings. The zero-order valence-corrected chi connectivity index (χ0v) is 13.3. The molecule has 2 aliphatic rings. The van der Waals surface area contributed by atoms with Gasteiger partial charge in [0, 0.05) is 18.1 Å². The molecule has 2 rings (SSSR count). The predicted molar refractivity (Wildman–Crippen MR) is 83.2 cm³/mol. The summed E-state index contributed by atoms with van der Waals surface area (Å²) in [5.41, 5.74) is 6.03. The fourth-order valence-electron chi connectivity index (χ4n) is 4.19. The summed E-state index contributed by atoms with van der Waals surface area (Å²) in [5.74, 6) is 1.84. The van der Waals surface area contributed by atoms with Crippen molar-refractivity contribution in [1.29, 1.82) is 0 Å². The van der Waals surface area contributed by atoms with E-state index in [4.69, 9.17) is 5.73 Å². The Hall–Kier alpha value is -0.0800. The van der Waals surface area contributed by atoms with Crippen LogP contribution in [0.4, 0.5) is 0 Å². The molecule has 2 saturated carbocycles. The largest absolute Gasteiger partial charge is 0.328 e. The summed E-state index contributed by atoms with van der Waals surface area (Å²) in [6, 6.07) is 2.12. The molecule has 0 bridgehead atoms. The topological polar surface area (TPSA) is 29.3 Å². The van der Waals surface area contributed by atoms with Crippen LogP contribution in [0.15, 0.2) is 0 Å². The van der Waals surface area contributed by atoms with Gasteiger partial charge < -0.3 is 10.6 Å². The Balaban J connectivity index is 1.84. The van der Waals surface area contributed by atoms with Gasteiger partial charge >= 0.3 is 0 Å². The third-order valence-corrected chi connectivity index (χ3v) is 5.82.